The van der Waals surface area contributed by atoms with Gasteiger partial charge >= 0.3 is 6.09 Å². The second-order valence-corrected chi connectivity index (χ2v) is 9.23. The first-order chi connectivity index (χ1) is 15.2. The van der Waals surface area contributed by atoms with Crippen molar-refractivity contribution in [3.05, 3.63) is 48.6 Å². The number of likely N-dealkylation sites (tertiary alicyclic amines) is 1. The van der Waals surface area contributed by atoms with Crippen LogP contribution in [0.4, 0.5) is 4.79 Å². The number of alkyl carbamates (subject to hydrolysis) is 1. The third-order valence-electron chi connectivity index (χ3n) is 6.78. The van der Waals surface area contributed by atoms with Crippen molar-refractivity contribution in [2.24, 2.45) is 11.8 Å². The molecule has 6 heteroatoms. The molecular weight excluding hydrogens is 390 g/mol. The lowest BCUT2D eigenvalue weighted by molar-refractivity contribution is -0.142. The van der Waals surface area contributed by atoms with Gasteiger partial charge in [-0.25, -0.2) is 4.79 Å². The van der Waals surface area contributed by atoms with Gasteiger partial charge in [-0.2, -0.15) is 0 Å². The van der Waals surface area contributed by atoms with Crippen LogP contribution in [0.15, 0.2) is 43.0 Å². The molecule has 0 bridgehead atoms. The van der Waals surface area contributed by atoms with Crippen LogP contribution in [0.25, 0.3) is 0 Å². The van der Waals surface area contributed by atoms with Crippen LogP contribution in [0, 0.1) is 11.8 Å². The fourth-order valence-corrected chi connectivity index (χ4v) is 4.95. The third-order valence-corrected chi connectivity index (χ3v) is 6.78. The van der Waals surface area contributed by atoms with Crippen molar-refractivity contribution < 1.29 is 14.3 Å². The maximum atomic E-state index is 13.6. The standard InChI is InChI=1S/C25H35N3O3/c1-2-7-18-16-22(19-8-4-3-5-9-19)28(17-18)24(29)23(20-11-12-20)31-25(30)27-21-10-6-14-26-15-13-21/h2-5,8-9,18,20-23,26H,1,6-7,10-17H2,(H,27,30)/t18?,21?,22-,23-/m0/s1. The molecule has 2 aliphatic heterocycles. The Kier molecular flexibility index (Phi) is 7.28. The second kappa shape index (κ2) is 10.3. The number of nitrogens with zero attached hydrogens (tertiary/aromatic N) is 1. The number of benzene rings is 1. The lowest BCUT2D eigenvalue weighted by Gasteiger charge is -2.29. The van der Waals surface area contributed by atoms with Gasteiger partial charge in [-0.15, -0.1) is 6.58 Å². The van der Waals surface area contributed by atoms with E-state index in [1.807, 2.05) is 29.2 Å². The molecule has 1 saturated carbocycles. The van der Waals surface area contributed by atoms with Crippen LogP contribution in [0.3, 0.4) is 0 Å². The molecule has 0 aromatic heterocycles. The Hall–Kier alpha value is -2.34. The fourth-order valence-electron chi connectivity index (χ4n) is 4.95. The quantitative estimate of drug-likeness (QED) is 0.652. The smallest absolute Gasteiger partial charge is 0.408 e. The molecule has 3 fully saturated rings. The summed E-state index contributed by atoms with van der Waals surface area (Å²) in [6.45, 7) is 6.45. The van der Waals surface area contributed by atoms with Gasteiger partial charge in [0.05, 0.1) is 6.04 Å². The molecule has 31 heavy (non-hydrogen) atoms. The molecular formula is C25H35N3O3. The minimum Gasteiger partial charge on any atom is -0.436 e. The zero-order chi connectivity index (χ0) is 21.6. The van der Waals surface area contributed by atoms with E-state index in [9.17, 15) is 9.59 Å². The highest BCUT2D eigenvalue weighted by atomic mass is 16.6. The molecule has 2 saturated heterocycles. The van der Waals surface area contributed by atoms with Crippen molar-refractivity contribution in [1.29, 1.82) is 0 Å². The van der Waals surface area contributed by atoms with Crippen molar-refractivity contribution >= 4 is 12.0 Å². The molecule has 1 aromatic rings. The van der Waals surface area contributed by atoms with Crippen LogP contribution < -0.4 is 10.6 Å². The summed E-state index contributed by atoms with van der Waals surface area (Å²) in [7, 11) is 0. The largest absolute Gasteiger partial charge is 0.436 e. The summed E-state index contributed by atoms with van der Waals surface area (Å²) in [5.74, 6) is 0.489. The van der Waals surface area contributed by atoms with Gasteiger partial charge in [0.25, 0.3) is 5.91 Å². The van der Waals surface area contributed by atoms with E-state index in [0.717, 1.165) is 63.6 Å². The molecule has 4 atom stereocenters. The molecule has 1 aromatic carbocycles. The first-order valence-electron chi connectivity index (χ1n) is 11.8. The molecule has 4 rings (SSSR count). The van der Waals surface area contributed by atoms with Gasteiger partial charge in [-0.1, -0.05) is 36.4 Å². The first kappa shape index (κ1) is 21.9. The Labute approximate surface area is 185 Å². The normalized spacial score (nSPS) is 27.2. The molecule has 2 unspecified atom stereocenters. The maximum Gasteiger partial charge on any atom is 0.408 e. The van der Waals surface area contributed by atoms with Gasteiger partial charge in [-0.3, -0.25) is 4.79 Å². The SMILES string of the molecule is C=CCC1C[C@@H](c2ccccc2)N(C(=O)[C@@H](OC(=O)NC2CCCNCC2)C2CC2)C1. The van der Waals surface area contributed by atoms with Crippen molar-refractivity contribution in [3.8, 4) is 0 Å². The lowest BCUT2D eigenvalue weighted by Crippen LogP contribution is -2.45. The van der Waals surface area contributed by atoms with E-state index < -0.39 is 12.2 Å². The molecule has 0 radical (unpaired) electrons. The number of allylic oxidation sites excluding steroid dienone is 1. The van der Waals surface area contributed by atoms with E-state index in [1.54, 1.807) is 0 Å². The highest BCUT2D eigenvalue weighted by Gasteiger charge is 2.45. The van der Waals surface area contributed by atoms with Crippen molar-refractivity contribution in [1.82, 2.24) is 15.5 Å². The van der Waals surface area contributed by atoms with Crippen molar-refractivity contribution in [2.75, 3.05) is 19.6 Å². The molecule has 3 aliphatic rings. The van der Waals surface area contributed by atoms with E-state index in [4.69, 9.17) is 4.74 Å². The van der Waals surface area contributed by atoms with E-state index >= 15 is 0 Å². The average Bonchev–Trinajstić information content (AvgIpc) is 3.57. The zero-order valence-corrected chi connectivity index (χ0v) is 18.3. The topological polar surface area (TPSA) is 70.7 Å². The van der Waals surface area contributed by atoms with E-state index in [2.05, 4.69) is 29.3 Å². The highest BCUT2D eigenvalue weighted by molar-refractivity contribution is 5.85. The number of nitrogens with one attached hydrogen (secondary N) is 2. The van der Waals surface area contributed by atoms with Gasteiger partial charge < -0.3 is 20.3 Å². The number of hydrogen-bond donors (Lipinski definition) is 2. The number of amides is 2. The Morgan fingerprint density at radius 1 is 1.19 bits per heavy atom. The Bertz CT molecular complexity index is 757. The Morgan fingerprint density at radius 2 is 2.00 bits per heavy atom. The second-order valence-electron chi connectivity index (χ2n) is 9.23. The molecule has 2 heterocycles. The van der Waals surface area contributed by atoms with Gasteiger partial charge in [0, 0.05) is 18.5 Å². The Morgan fingerprint density at radius 3 is 2.74 bits per heavy atom. The number of carbonyl (C=O) groups excluding carboxylic acids is 2. The average molecular weight is 426 g/mol. The summed E-state index contributed by atoms with van der Waals surface area (Å²) in [5.41, 5.74) is 1.15. The van der Waals surface area contributed by atoms with E-state index in [0.29, 0.717) is 12.5 Å². The number of ether oxygens (including phenoxy) is 1. The summed E-state index contributed by atoms with van der Waals surface area (Å²) >= 11 is 0. The monoisotopic (exact) mass is 425 g/mol. The Balaban J connectivity index is 1.44. The molecule has 1 aliphatic carbocycles. The maximum absolute atomic E-state index is 13.6. The molecule has 2 amide bonds. The molecule has 168 valence electrons. The minimum absolute atomic E-state index is 0.0273. The predicted octanol–water partition coefficient (Wildman–Crippen LogP) is 3.80. The van der Waals surface area contributed by atoms with Gasteiger partial charge in [0.2, 0.25) is 0 Å². The van der Waals surface area contributed by atoms with Gasteiger partial charge in [0.15, 0.2) is 6.10 Å². The van der Waals surface area contributed by atoms with Crippen LogP contribution in [-0.4, -0.2) is 48.7 Å². The minimum atomic E-state index is -0.683. The molecule has 6 nitrogen and oxygen atoms in total. The van der Waals surface area contributed by atoms with E-state index in [-0.39, 0.29) is 23.9 Å². The van der Waals surface area contributed by atoms with Crippen LogP contribution >= 0.6 is 0 Å². The van der Waals surface area contributed by atoms with Crippen LogP contribution in [0.2, 0.25) is 0 Å². The van der Waals surface area contributed by atoms with Gasteiger partial charge in [0.1, 0.15) is 0 Å². The highest BCUT2D eigenvalue weighted by Crippen LogP contribution is 2.41. The van der Waals surface area contributed by atoms with E-state index in [1.165, 1.54) is 0 Å². The summed E-state index contributed by atoms with van der Waals surface area (Å²) in [4.78, 5) is 28.2. The zero-order valence-electron chi connectivity index (χ0n) is 18.3. The lowest BCUT2D eigenvalue weighted by atomic mass is 9.97. The number of hydrogen-bond acceptors (Lipinski definition) is 4. The predicted molar refractivity (Wildman–Crippen MR) is 120 cm³/mol. The number of rotatable bonds is 7. The number of carbonyl (C=O) groups is 2. The summed E-state index contributed by atoms with van der Waals surface area (Å²) in [6, 6.07) is 10.3. The molecule has 2 N–H and O–H groups in total. The summed E-state index contributed by atoms with van der Waals surface area (Å²) < 4.78 is 5.79. The van der Waals surface area contributed by atoms with Crippen LogP contribution in [-0.2, 0) is 9.53 Å². The van der Waals surface area contributed by atoms with Crippen molar-refractivity contribution in [3.63, 3.8) is 0 Å². The van der Waals surface area contributed by atoms with Gasteiger partial charge in [-0.05, 0) is 69.5 Å². The third kappa shape index (κ3) is 5.67. The van der Waals surface area contributed by atoms with Crippen LogP contribution in [0.5, 0.6) is 0 Å². The van der Waals surface area contributed by atoms with Crippen molar-refractivity contribution in [2.45, 2.75) is 63.1 Å². The molecule has 0 spiro atoms. The summed E-state index contributed by atoms with van der Waals surface area (Å²) in [6.07, 6.45) is 7.36. The first-order valence-corrected chi connectivity index (χ1v) is 11.8. The summed E-state index contributed by atoms with van der Waals surface area (Å²) in [5, 5.41) is 6.35. The van der Waals surface area contributed by atoms with Crippen LogP contribution in [0.1, 0.15) is 56.6 Å². The fraction of sp³-hybridized carbons (Fsp3) is 0.600.